The van der Waals surface area contributed by atoms with Gasteiger partial charge in [-0.05, 0) is 108 Å². The summed E-state index contributed by atoms with van der Waals surface area (Å²) in [6.07, 6.45) is -0.106. The Bertz CT molecular complexity index is 4120. The van der Waals surface area contributed by atoms with Crippen molar-refractivity contribution < 1.29 is 106 Å². The molecule has 90 heavy (non-hydrogen) atoms. The Morgan fingerprint density at radius 2 is 0.578 bits per heavy atom. The number of benzene rings is 6. The van der Waals surface area contributed by atoms with E-state index < -0.39 is 99.1 Å². The molecule has 0 saturated heterocycles. The molecule has 6 rings (SSSR count). The number of hydrogen-bond donors (Lipinski definition) is 13. The van der Waals surface area contributed by atoms with Gasteiger partial charge in [0.15, 0.2) is 0 Å². The second-order valence-electron chi connectivity index (χ2n) is 18.3. The quantitative estimate of drug-likeness (QED) is 0.0236. The predicted octanol–water partition coefficient (Wildman–Crippen LogP) is 5.08. The Morgan fingerprint density at radius 3 is 0.856 bits per heavy atom. The summed E-state index contributed by atoms with van der Waals surface area (Å²) in [4.78, 5) is 69.3. The number of aliphatic carboxylic acids is 1. The first-order valence-electron chi connectivity index (χ1n) is 25.5. The van der Waals surface area contributed by atoms with Gasteiger partial charge in [0.2, 0.25) is 11.8 Å². The molecule has 6 aromatic carbocycles. The van der Waals surface area contributed by atoms with Crippen molar-refractivity contribution in [3.63, 3.8) is 0 Å². The molecule has 0 spiro atoms. The summed E-state index contributed by atoms with van der Waals surface area (Å²) in [6.45, 7) is -1.08. The number of aromatic hydroxyl groups is 3. The summed E-state index contributed by atoms with van der Waals surface area (Å²) in [5.74, 6) is -8.09. The zero-order valence-electron chi connectivity index (χ0n) is 46.5. The standard InChI is InChI=1S/C19H22N4O9S2.2C17H17N3O7S/c24-17-6-5-15(12-16(17)19(26)21-8-10-34(30,31)32)23-22-14-3-1-13(2-4-14)11-18(25)20-7-9-33(27,28)29;21-15-6-5-13(10-14(15)17(24)18-7-8-28(25,26)27)20-19-12-3-1-11(2-4-12)9-16(22)23;21-15-6-5-13(10-14(15)17(23)24)20-19-12-3-1-11(2-4-12)9-16(22)18-7-8-28(25,26)27/h1-6,12,24H,7-11H2,(H,20,25)(H,21,26)(H,27,28,29)(H,30,31,32);1-6,10,21H,7-9H2,(H,18,24)(H,22,23)(H,25,26,27);1-6,10,21H,7-9H2,(H,18,22)(H,23,24)(H,25,26,27). The molecule has 0 aromatic heterocycles. The third-order valence-electron chi connectivity index (χ3n) is 11.1. The van der Waals surface area contributed by atoms with Crippen LogP contribution >= 0.6 is 0 Å². The van der Waals surface area contributed by atoms with Gasteiger partial charge in [0.25, 0.3) is 52.3 Å². The molecule has 0 aliphatic rings. The van der Waals surface area contributed by atoms with Gasteiger partial charge in [-0.3, -0.25) is 42.2 Å². The number of carboxylic acid groups (broad SMARTS) is 2. The van der Waals surface area contributed by atoms with Crippen LogP contribution in [0, 0.1) is 0 Å². The van der Waals surface area contributed by atoms with Crippen LogP contribution in [0.1, 0.15) is 47.8 Å². The van der Waals surface area contributed by atoms with E-state index in [0.29, 0.717) is 33.8 Å². The lowest BCUT2D eigenvalue weighted by molar-refractivity contribution is -0.136. The number of azo groups is 3. The first-order valence-corrected chi connectivity index (χ1v) is 31.9. The van der Waals surface area contributed by atoms with Crippen LogP contribution in [-0.2, 0) is 74.1 Å². The van der Waals surface area contributed by atoms with E-state index in [1.807, 2.05) is 0 Å². The van der Waals surface area contributed by atoms with Crippen LogP contribution in [-0.4, -0.2) is 162 Å². The summed E-state index contributed by atoms with van der Waals surface area (Å²) >= 11 is 0. The van der Waals surface area contributed by atoms with Crippen molar-refractivity contribution in [1.82, 2.24) is 21.3 Å². The number of nitrogens with one attached hydrogen (secondary N) is 4. The minimum atomic E-state index is -4.24. The van der Waals surface area contributed by atoms with E-state index in [9.17, 15) is 77.8 Å². The van der Waals surface area contributed by atoms with Crippen LogP contribution in [0.3, 0.4) is 0 Å². The van der Waals surface area contributed by atoms with Crippen molar-refractivity contribution in [1.29, 1.82) is 0 Å². The summed E-state index contributed by atoms with van der Waals surface area (Å²) in [5, 5.41) is 79.9. The average molecular weight is 1330 g/mol. The maximum Gasteiger partial charge on any atom is 0.339 e. The molecular weight excluding hydrogens is 1270 g/mol. The van der Waals surface area contributed by atoms with Crippen molar-refractivity contribution in [2.45, 2.75) is 19.3 Å². The van der Waals surface area contributed by atoms with Crippen molar-refractivity contribution in [3.05, 3.63) is 161 Å². The van der Waals surface area contributed by atoms with Crippen LogP contribution in [0.15, 0.2) is 158 Å². The molecule has 0 radical (unpaired) electrons. The number of carbonyl (C=O) groups is 6. The molecule has 33 nitrogen and oxygen atoms in total. The molecule has 0 atom stereocenters. The maximum atomic E-state index is 12.1. The van der Waals surface area contributed by atoms with E-state index >= 15 is 0 Å². The molecule has 480 valence electrons. The van der Waals surface area contributed by atoms with Crippen LogP contribution in [0.2, 0.25) is 0 Å². The third kappa shape index (κ3) is 29.1. The molecule has 4 amide bonds. The van der Waals surface area contributed by atoms with E-state index in [4.69, 9.17) is 28.4 Å². The minimum absolute atomic E-state index is 0.0167. The maximum absolute atomic E-state index is 12.1. The van der Waals surface area contributed by atoms with E-state index in [1.165, 1.54) is 54.6 Å². The topological polar surface area (TPSA) is 543 Å². The second kappa shape index (κ2) is 33.9. The van der Waals surface area contributed by atoms with Crippen LogP contribution in [0.25, 0.3) is 0 Å². The average Bonchev–Trinajstić information content (AvgIpc) is 1.14. The largest absolute Gasteiger partial charge is 0.507 e. The lowest BCUT2D eigenvalue weighted by Gasteiger charge is -2.06. The SMILES string of the molecule is O=C(Cc1ccc(N=Nc2ccc(O)c(C(=O)NCCS(=O)(=O)O)c2)cc1)NCCS(=O)(=O)O.O=C(Cc1ccc(N=Nc2ccc(O)c(C(=O)O)c2)cc1)NCCS(=O)(=O)O.O=C(O)Cc1ccc(N=Nc2ccc(O)c(C(=O)NCCS(=O)(=O)O)c2)cc1. The first kappa shape index (κ1) is 72.5. The highest BCUT2D eigenvalue weighted by atomic mass is 32.2. The van der Waals surface area contributed by atoms with Gasteiger partial charge in [0.1, 0.15) is 22.8 Å². The third-order valence-corrected chi connectivity index (χ3v) is 13.9. The van der Waals surface area contributed by atoms with Gasteiger partial charge in [-0.15, -0.1) is 0 Å². The van der Waals surface area contributed by atoms with Crippen LogP contribution in [0.5, 0.6) is 17.2 Å². The smallest absolute Gasteiger partial charge is 0.339 e. The Morgan fingerprint density at radius 1 is 0.333 bits per heavy atom. The summed E-state index contributed by atoms with van der Waals surface area (Å²) in [6, 6.07) is 30.8. The van der Waals surface area contributed by atoms with E-state index in [2.05, 4.69) is 52.0 Å². The lowest BCUT2D eigenvalue weighted by Crippen LogP contribution is -2.30. The van der Waals surface area contributed by atoms with E-state index in [1.54, 1.807) is 72.8 Å². The highest BCUT2D eigenvalue weighted by Crippen LogP contribution is 2.28. The van der Waals surface area contributed by atoms with Gasteiger partial charge in [-0.2, -0.15) is 64.4 Å². The molecule has 0 aliphatic carbocycles. The van der Waals surface area contributed by atoms with Crippen LogP contribution < -0.4 is 21.3 Å². The highest BCUT2D eigenvalue weighted by molar-refractivity contribution is 7.86. The number of aromatic carboxylic acids is 1. The fraction of sp³-hybridized carbons (Fsp3) is 0.208. The Kier molecular flexibility index (Phi) is 27.3. The number of carbonyl (C=O) groups excluding carboxylic acids is 4. The van der Waals surface area contributed by atoms with Gasteiger partial charge in [-0.1, -0.05) is 36.4 Å². The van der Waals surface area contributed by atoms with Crippen LogP contribution in [0.4, 0.5) is 34.1 Å². The first-order chi connectivity index (χ1) is 42.1. The molecular formula is C53H56N10O23S4. The molecule has 0 fully saturated rings. The van der Waals surface area contributed by atoms with Gasteiger partial charge in [0.05, 0.1) is 87.5 Å². The molecule has 0 aliphatic heterocycles. The van der Waals surface area contributed by atoms with E-state index in [0.717, 1.165) is 0 Å². The Balaban J connectivity index is 0.000000290. The summed E-state index contributed by atoms with van der Waals surface area (Å²) < 4.78 is 120. The van der Waals surface area contributed by atoms with Crippen molar-refractivity contribution in [2.24, 2.45) is 30.7 Å². The minimum Gasteiger partial charge on any atom is -0.507 e. The number of amides is 4. The van der Waals surface area contributed by atoms with Gasteiger partial charge in [-0.25, -0.2) is 4.79 Å². The lowest BCUT2D eigenvalue weighted by atomic mass is 10.1. The van der Waals surface area contributed by atoms with Gasteiger partial charge < -0.3 is 46.8 Å². The van der Waals surface area contributed by atoms with E-state index in [-0.39, 0.29) is 96.4 Å². The number of phenols is 3. The van der Waals surface area contributed by atoms with Gasteiger partial charge >= 0.3 is 11.9 Å². The monoisotopic (exact) mass is 1330 g/mol. The molecule has 13 N–H and O–H groups in total. The van der Waals surface area contributed by atoms with Crippen molar-refractivity contribution in [3.8, 4) is 17.2 Å². The molecule has 37 heteroatoms. The molecule has 0 heterocycles. The normalized spacial score (nSPS) is 11.6. The second-order valence-corrected chi connectivity index (χ2v) is 24.6. The number of carboxylic acids is 2. The molecule has 0 saturated carbocycles. The fourth-order valence-electron chi connectivity index (χ4n) is 6.77. The predicted molar refractivity (Wildman–Crippen MR) is 318 cm³/mol. The summed E-state index contributed by atoms with van der Waals surface area (Å²) in [5.41, 5.74) is 3.37. The Labute approximate surface area is 512 Å². The van der Waals surface area contributed by atoms with Gasteiger partial charge in [0, 0.05) is 26.2 Å². The molecule has 6 aromatic rings. The van der Waals surface area contributed by atoms with Crippen molar-refractivity contribution >= 4 is 110 Å². The zero-order valence-corrected chi connectivity index (χ0v) is 49.7. The number of rotatable bonds is 27. The Hall–Kier alpha value is -10.0. The summed E-state index contributed by atoms with van der Waals surface area (Å²) in [7, 11) is -16.7. The fourth-order valence-corrected chi connectivity index (χ4v) is 8.21. The van der Waals surface area contributed by atoms with Crippen molar-refractivity contribution in [2.75, 3.05) is 49.2 Å². The number of nitrogens with zero attached hydrogens (tertiary/aromatic N) is 6. The molecule has 0 unspecified atom stereocenters. The molecule has 0 bridgehead atoms. The zero-order chi connectivity index (χ0) is 66.8. The number of phenolic OH excluding ortho intramolecular Hbond substituents is 2. The number of hydrogen-bond acceptors (Lipinski definition) is 23. The highest BCUT2D eigenvalue weighted by Gasteiger charge is 2.17.